The third kappa shape index (κ3) is 7.22. The lowest BCUT2D eigenvalue weighted by Gasteiger charge is -2.26. The van der Waals surface area contributed by atoms with Crippen molar-refractivity contribution < 1.29 is 4.79 Å². The number of carbonyl (C=O) groups excluding carboxylic acids is 1. The Kier molecular flexibility index (Phi) is 10.5. The fraction of sp³-hybridized carbons (Fsp3) is 0.579. The fourth-order valence-electron chi connectivity index (χ4n) is 2.76. The van der Waals surface area contributed by atoms with E-state index in [1.165, 1.54) is 6.42 Å². The van der Waals surface area contributed by atoms with Crippen LogP contribution < -0.4 is 15.5 Å². The molecule has 1 aliphatic heterocycles. The number of nitrogens with one attached hydrogen (secondary N) is 2. The van der Waals surface area contributed by atoms with Crippen molar-refractivity contribution in [3.8, 4) is 0 Å². The van der Waals surface area contributed by atoms with E-state index in [2.05, 4.69) is 41.6 Å². The summed E-state index contributed by atoms with van der Waals surface area (Å²) in [5.74, 6) is 1.10. The van der Waals surface area contributed by atoms with Gasteiger partial charge < -0.3 is 15.5 Å². The molecule has 1 heterocycles. The van der Waals surface area contributed by atoms with Gasteiger partial charge in [0, 0.05) is 31.7 Å². The predicted molar refractivity (Wildman–Crippen MR) is 116 cm³/mol. The molecule has 1 aromatic rings. The standard InChI is InChI=1S/C19H30N4O.HI/c1-3-5-13-21-19(20-4-2)22-15-16-9-11-17(12-10-16)23-14-7-6-8-18(23)24;/h9-12H,3-8,13-15H2,1-2H3,(H2,20,21,22);1H. The van der Waals surface area contributed by atoms with E-state index in [1.54, 1.807) is 0 Å². The zero-order chi connectivity index (χ0) is 17.2. The van der Waals surface area contributed by atoms with Crippen LogP contribution in [0.15, 0.2) is 29.3 Å². The highest BCUT2D eigenvalue weighted by Gasteiger charge is 2.19. The summed E-state index contributed by atoms with van der Waals surface area (Å²) >= 11 is 0. The molecule has 1 amide bonds. The number of aliphatic imine (C=N–C) groups is 1. The first-order valence-corrected chi connectivity index (χ1v) is 9.16. The number of unbranched alkanes of at least 4 members (excludes halogenated alkanes) is 1. The molecule has 0 aliphatic carbocycles. The smallest absolute Gasteiger partial charge is 0.226 e. The lowest BCUT2D eigenvalue weighted by atomic mass is 10.1. The summed E-state index contributed by atoms with van der Waals surface area (Å²) in [4.78, 5) is 18.5. The molecule has 1 saturated heterocycles. The first-order chi connectivity index (χ1) is 11.7. The molecule has 25 heavy (non-hydrogen) atoms. The van der Waals surface area contributed by atoms with Crippen molar-refractivity contribution in [1.82, 2.24) is 10.6 Å². The molecule has 5 nitrogen and oxygen atoms in total. The second kappa shape index (κ2) is 12.1. The molecular weight excluding hydrogens is 427 g/mol. The third-order valence-corrected chi connectivity index (χ3v) is 4.16. The molecule has 0 aromatic heterocycles. The number of amides is 1. The number of hydrogen-bond acceptors (Lipinski definition) is 2. The van der Waals surface area contributed by atoms with Crippen LogP contribution in [-0.2, 0) is 11.3 Å². The van der Waals surface area contributed by atoms with Gasteiger partial charge in [0.2, 0.25) is 5.91 Å². The summed E-state index contributed by atoms with van der Waals surface area (Å²) in [5, 5.41) is 6.61. The maximum atomic E-state index is 12.0. The minimum Gasteiger partial charge on any atom is -0.357 e. The fourth-order valence-corrected chi connectivity index (χ4v) is 2.76. The van der Waals surface area contributed by atoms with Crippen molar-refractivity contribution in [2.75, 3.05) is 24.5 Å². The van der Waals surface area contributed by atoms with Gasteiger partial charge in [-0.2, -0.15) is 0 Å². The summed E-state index contributed by atoms with van der Waals surface area (Å²) in [6.45, 7) is 7.52. The lowest BCUT2D eigenvalue weighted by Crippen LogP contribution is -2.37. The largest absolute Gasteiger partial charge is 0.357 e. The molecule has 0 spiro atoms. The quantitative estimate of drug-likeness (QED) is 0.284. The van der Waals surface area contributed by atoms with Gasteiger partial charge in [0.1, 0.15) is 0 Å². The van der Waals surface area contributed by atoms with Crippen molar-refractivity contribution in [2.45, 2.75) is 52.5 Å². The SMILES string of the molecule is CCCCNC(=NCc1ccc(N2CCCCC2=O)cc1)NCC.I. The van der Waals surface area contributed by atoms with Crippen molar-refractivity contribution in [1.29, 1.82) is 0 Å². The van der Waals surface area contributed by atoms with Crippen LogP contribution in [0.3, 0.4) is 0 Å². The van der Waals surface area contributed by atoms with Crippen LogP contribution in [0.4, 0.5) is 5.69 Å². The average molecular weight is 458 g/mol. The average Bonchev–Trinajstić information content (AvgIpc) is 2.61. The van der Waals surface area contributed by atoms with E-state index in [-0.39, 0.29) is 29.9 Å². The zero-order valence-electron chi connectivity index (χ0n) is 15.4. The Bertz CT molecular complexity index is 545. The first-order valence-electron chi connectivity index (χ1n) is 9.16. The number of hydrogen-bond donors (Lipinski definition) is 2. The van der Waals surface area contributed by atoms with Gasteiger partial charge in [0.05, 0.1) is 6.54 Å². The highest BCUT2D eigenvalue weighted by molar-refractivity contribution is 14.0. The van der Waals surface area contributed by atoms with E-state index < -0.39 is 0 Å². The Morgan fingerprint density at radius 3 is 2.56 bits per heavy atom. The molecule has 2 N–H and O–H groups in total. The monoisotopic (exact) mass is 458 g/mol. The Morgan fingerprint density at radius 1 is 1.16 bits per heavy atom. The topological polar surface area (TPSA) is 56.7 Å². The van der Waals surface area contributed by atoms with Crippen LogP contribution in [0.5, 0.6) is 0 Å². The minimum absolute atomic E-state index is 0. The van der Waals surface area contributed by atoms with Gasteiger partial charge in [-0.05, 0) is 43.9 Å². The highest BCUT2D eigenvalue weighted by atomic mass is 127. The van der Waals surface area contributed by atoms with Crippen molar-refractivity contribution in [2.24, 2.45) is 4.99 Å². The molecule has 1 aliphatic rings. The zero-order valence-corrected chi connectivity index (χ0v) is 17.7. The van der Waals surface area contributed by atoms with Gasteiger partial charge >= 0.3 is 0 Å². The van der Waals surface area contributed by atoms with Crippen LogP contribution >= 0.6 is 24.0 Å². The van der Waals surface area contributed by atoms with Crippen LogP contribution in [-0.4, -0.2) is 31.5 Å². The molecule has 0 bridgehead atoms. The number of anilines is 1. The molecule has 0 unspecified atom stereocenters. The molecule has 1 fully saturated rings. The number of halogens is 1. The number of piperidine rings is 1. The molecule has 2 rings (SSSR count). The Labute approximate surface area is 168 Å². The van der Waals surface area contributed by atoms with E-state index in [9.17, 15) is 4.79 Å². The molecule has 0 radical (unpaired) electrons. The van der Waals surface area contributed by atoms with Gasteiger partial charge in [-0.15, -0.1) is 24.0 Å². The second-order valence-corrected chi connectivity index (χ2v) is 6.14. The summed E-state index contributed by atoms with van der Waals surface area (Å²) < 4.78 is 0. The van der Waals surface area contributed by atoms with Crippen LogP contribution in [0.2, 0.25) is 0 Å². The second-order valence-electron chi connectivity index (χ2n) is 6.14. The van der Waals surface area contributed by atoms with Gasteiger partial charge in [0.25, 0.3) is 0 Å². The van der Waals surface area contributed by atoms with Crippen molar-refractivity contribution in [3.63, 3.8) is 0 Å². The number of benzene rings is 1. The number of guanidine groups is 1. The number of nitrogens with zero attached hydrogens (tertiary/aromatic N) is 2. The van der Waals surface area contributed by atoms with Crippen LogP contribution in [0.1, 0.15) is 51.5 Å². The van der Waals surface area contributed by atoms with Crippen LogP contribution in [0, 0.1) is 0 Å². The third-order valence-electron chi connectivity index (χ3n) is 4.16. The summed E-state index contributed by atoms with van der Waals surface area (Å²) in [6, 6.07) is 8.20. The van der Waals surface area contributed by atoms with Crippen molar-refractivity contribution >= 4 is 41.5 Å². The normalized spacial score (nSPS) is 14.9. The molecule has 0 saturated carbocycles. The Morgan fingerprint density at radius 2 is 1.92 bits per heavy atom. The highest BCUT2D eigenvalue weighted by Crippen LogP contribution is 2.21. The van der Waals surface area contributed by atoms with Gasteiger partial charge in [-0.1, -0.05) is 25.5 Å². The van der Waals surface area contributed by atoms with Gasteiger partial charge in [-0.25, -0.2) is 4.99 Å². The number of carbonyl (C=O) groups is 1. The van der Waals surface area contributed by atoms with E-state index in [4.69, 9.17) is 0 Å². The summed E-state index contributed by atoms with van der Waals surface area (Å²) in [6.07, 6.45) is 5.08. The molecule has 0 atom stereocenters. The number of rotatable bonds is 7. The minimum atomic E-state index is 0. The van der Waals surface area contributed by atoms with E-state index in [0.29, 0.717) is 13.0 Å². The summed E-state index contributed by atoms with van der Waals surface area (Å²) in [5.41, 5.74) is 2.15. The van der Waals surface area contributed by atoms with E-state index in [1.807, 2.05) is 17.0 Å². The maximum Gasteiger partial charge on any atom is 0.226 e. The molecular formula is C19H31IN4O. The van der Waals surface area contributed by atoms with E-state index >= 15 is 0 Å². The summed E-state index contributed by atoms with van der Waals surface area (Å²) in [7, 11) is 0. The molecule has 6 heteroatoms. The van der Waals surface area contributed by atoms with Crippen LogP contribution in [0.25, 0.3) is 0 Å². The Balaban J connectivity index is 0.00000312. The Hall–Kier alpha value is -1.31. The maximum absolute atomic E-state index is 12.0. The van der Waals surface area contributed by atoms with Gasteiger partial charge in [0.15, 0.2) is 5.96 Å². The molecule has 140 valence electrons. The predicted octanol–water partition coefficient (Wildman–Crippen LogP) is 3.68. The molecule has 1 aromatic carbocycles. The first kappa shape index (κ1) is 21.7. The van der Waals surface area contributed by atoms with Crippen molar-refractivity contribution in [3.05, 3.63) is 29.8 Å². The van der Waals surface area contributed by atoms with Gasteiger partial charge in [-0.3, -0.25) is 4.79 Å². The lowest BCUT2D eigenvalue weighted by molar-refractivity contribution is -0.119. The van der Waals surface area contributed by atoms with E-state index in [0.717, 1.165) is 56.1 Å².